The molecule has 2 fully saturated rings. The third-order valence-corrected chi connectivity index (χ3v) is 4.70. The van der Waals surface area contributed by atoms with Crippen LogP contribution in [0.1, 0.15) is 25.3 Å². The van der Waals surface area contributed by atoms with Crippen LogP contribution in [0.2, 0.25) is 0 Å². The van der Waals surface area contributed by atoms with Crippen LogP contribution in [0, 0.1) is 5.41 Å². The number of ether oxygens (including phenoxy) is 1. The molecule has 4 nitrogen and oxygen atoms in total. The first-order chi connectivity index (χ1) is 10.1. The zero-order valence-electron chi connectivity index (χ0n) is 12.9. The van der Waals surface area contributed by atoms with E-state index in [0.29, 0.717) is 32.2 Å². The third kappa shape index (κ3) is 2.91. The van der Waals surface area contributed by atoms with E-state index < -0.39 is 0 Å². The summed E-state index contributed by atoms with van der Waals surface area (Å²) in [6.45, 7) is 8.90. The SMILES string of the molecule is CC1(C)CN(C(=O)N2CCOCC2)C[C@@H]1c1ccccc1. The molecular formula is C17H24N2O2. The molecule has 0 unspecified atom stereocenters. The van der Waals surface area contributed by atoms with Gasteiger partial charge < -0.3 is 14.5 Å². The maximum Gasteiger partial charge on any atom is 0.320 e. The largest absolute Gasteiger partial charge is 0.378 e. The number of likely N-dealkylation sites (tertiary alicyclic amines) is 1. The van der Waals surface area contributed by atoms with Gasteiger partial charge in [0.1, 0.15) is 0 Å². The van der Waals surface area contributed by atoms with Gasteiger partial charge in [-0.1, -0.05) is 44.2 Å². The summed E-state index contributed by atoms with van der Waals surface area (Å²) in [7, 11) is 0. The van der Waals surface area contributed by atoms with Gasteiger partial charge in [-0.15, -0.1) is 0 Å². The predicted octanol–water partition coefficient (Wildman–Crippen LogP) is 2.56. The summed E-state index contributed by atoms with van der Waals surface area (Å²) < 4.78 is 5.33. The molecule has 0 saturated carbocycles. The minimum absolute atomic E-state index is 0.114. The maximum atomic E-state index is 12.7. The summed E-state index contributed by atoms with van der Waals surface area (Å²) in [6.07, 6.45) is 0. The standard InChI is InChI=1S/C17H24N2O2/c1-17(2)13-19(16(20)18-8-10-21-11-9-18)12-15(17)14-6-4-3-5-7-14/h3-7,15H,8-13H2,1-2H3/t15-/m1/s1. The molecule has 0 radical (unpaired) electrons. The zero-order valence-corrected chi connectivity index (χ0v) is 12.9. The quantitative estimate of drug-likeness (QED) is 0.795. The molecule has 0 aromatic heterocycles. The fraction of sp³-hybridized carbons (Fsp3) is 0.588. The van der Waals surface area contributed by atoms with Crippen molar-refractivity contribution in [2.24, 2.45) is 5.41 Å². The number of carbonyl (C=O) groups excluding carboxylic acids is 1. The molecule has 21 heavy (non-hydrogen) atoms. The molecule has 2 heterocycles. The summed E-state index contributed by atoms with van der Waals surface area (Å²) in [5.74, 6) is 0.406. The normalized spacial score (nSPS) is 25.1. The van der Waals surface area contributed by atoms with Crippen molar-refractivity contribution in [1.82, 2.24) is 9.80 Å². The Morgan fingerprint density at radius 2 is 1.81 bits per heavy atom. The molecule has 3 rings (SSSR count). The monoisotopic (exact) mass is 288 g/mol. The molecule has 0 spiro atoms. The number of hydrogen-bond donors (Lipinski definition) is 0. The van der Waals surface area contributed by atoms with Crippen molar-refractivity contribution in [2.45, 2.75) is 19.8 Å². The van der Waals surface area contributed by atoms with Crippen LogP contribution in [-0.4, -0.2) is 55.2 Å². The molecule has 4 heteroatoms. The van der Waals surface area contributed by atoms with Gasteiger partial charge in [-0.3, -0.25) is 0 Å². The second-order valence-electron chi connectivity index (χ2n) is 6.71. The second-order valence-corrected chi connectivity index (χ2v) is 6.71. The van der Waals surface area contributed by atoms with Crippen molar-refractivity contribution in [3.8, 4) is 0 Å². The van der Waals surface area contributed by atoms with Crippen molar-refractivity contribution in [2.75, 3.05) is 39.4 Å². The second kappa shape index (κ2) is 5.68. The average Bonchev–Trinajstić information content (AvgIpc) is 2.84. The first-order valence-corrected chi connectivity index (χ1v) is 7.74. The molecule has 2 saturated heterocycles. The van der Waals surface area contributed by atoms with Gasteiger partial charge in [-0.2, -0.15) is 0 Å². The maximum absolute atomic E-state index is 12.7. The number of amides is 2. The van der Waals surface area contributed by atoms with Crippen LogP contribution in [0.3, 0.4) is 0 Å². The van der Waals surface area contributed by atoms with Crippen LogP contribution in [0.4, 0.5) is 4.79 Å². The number of nitrogens with zero attached hydrogens (tertiary/aromatic N) is 2. The Hall–Kier alpha value is -1.55. The molecule has 1 aromatic carbocycles. The fourth-order valence-electron chi connectivity index (χ4n) is 3.48. The van der Waals surface area contributed by atoms with Crippen molar-refractivity contribution in [3.63, 3.8) is 0 Å². The molecule has 2 aliphatic rings. The molecule has 0 N–H and O–H groups in total. The molecule has 1 aromatic rings. The first-order valence-electron chi connectivity index (χ1n) is 7.74. The number of morpholine rings is 1. The smallest absolute Gasteiger partial charge is 0.320 e. The number of carbonyl (C=O) groups is 1. The summed E-state index contributed by atoms with van der Waals surface area (Å²) in [6, 6.07) is 10.7. The van der Waals surface area contributed by atoms with Crippen molar-refractivity contribution < 1.29 is 9.53 Å². The van der Waals surface area contributed by atoms with E-state index in [1.807, 2.05) is 15.9 Å². The van der Waals surface area contributed by atoms with Crippen molar-refractivity contribution >= 4 is 6.03 Å². The van der Waals surface area contributed by atoms with E-state index in [1.165, 1.54) is 5.56 Å². The predicted molar refractivity (Wildman–Crippen MR) is 82.3 cm³/mol. The number of benzene rings is 1. The van der Waals surface area contributed by atoms with Gasteiger partial charge in [0.15, 0.2) is 0 Å². The Bertz CT molecular complexity index is 495. The van der Waals surface area contributed by atoms with Crippen LogP contribution < -0.4 is 0 Å². The molecular weight excluding hydrogens is 264 g/mol. The van der Waals surface area contributed by atoms with Crippen LogP contribution in [0.5, 0.6) is 0 Å². The van der Waals surface area contributed by atoms with Crippen molar-refractivity contribution in [1.29, 1.82) is 0 Å². The van der Waals surface area contributed by atoms with Crippen LogP contribution in [0.25, 0.3) is 0 Å². The highest BCUT2D eigenvalue weighted by molar-refractivity contribution is 5.75. The van der Waals surface area contributed by atoms with Gasteiger partial charge in [-0.25, -0.2) is 4.79 Å². The number of urea groups is 1. The average molecular weight is 288 g/mol. The van der Waals surface area contributed by atoms with Gasteiger partial charge in [-0.05, 0) is 11.0 Å². The summed E-state index contributed by atoms with van der Waals surface area (Å²) in [5.41, 5.74) is 1.45. The summed E-state index contributed by atoms with van der Waals surface area (Å²) in [4.78, 5) is 16.6. The Balaban J connectivity index is 1.74. The van der Waals surface area contributed by atoms with E-state index in [0.717, 1.165) is 13.1 Å². The van der Waals surface area contributed by atoms with E-state index in [4.69, 9.17) is 4.74 Å². The minimum Gasteiger partial charge on any atom is -0.378 e. The van der Waals surface area contributed by atoms with E-state index in [-0.39, 0.29) is 11.4 Å². The topological polar surface area (TPSA) is 32.8 Å². The van der Waals surface area contributed by atoms with Gasteiger partial charge in [0.05, 0.1) is 13.2 Å². The molecule has 1 atom stereocenters. The number of hydrogen-bond acceptors (Lipinski definition) is 2. The van der Waals surface area contributed by atoms with Gasteiger partial charge in [0, 0.05) is 32.1 Å². The van der Waals surface area contributed by atoms with Crippen LogP contribution in [-0.2, 0) is 4.74 Å². The van der Waals surface area contributed by atoms with Gasteiger partial charge in [0.2, 0.25) is 0 Å². The third-order valence-electron chi connectivity index (χ3n) is 4.70. The Labute approximate surface area is 126 Å². The summed E-state index contributed by atoms with van der Waals surface area (Å²) >= 11 is 0. The Morgan fingerprint density at radius 3 is 2.48 bits per heavy atom. The van der Waals surface area contributed by atoms with E-state index in [2.05, 4.69) is 38.1 Å². The first kappa shape index (κ1) is 14.4. The zero-order chi connectivity index (χ0) is 14.9. The van der Waals surface area contributed by atoms with E-state index in [1.54, 1.807) is 0 Å². The van der Waals surface area contributed by atoms with Crippen molar-refractivity contribution in [3.05, 3.63) is 35.9 Å². The Kier molecular flexibility index (Phi) is 3.89. The van der Waals surface area contributed by atoms with E-state index >= 15 is 0 Å². The summed E-state index contributed by atoms with van der Waals surface area (Å²) in [5, 5.41) is 0. The lowest BCUT2D eigenvalue weighted by atomic mass is 9.78. The highest BCUT2D eigenvalue weighted by Gasteiger charge is 2.43. The Morgan fingerprint density at radius 1 is 1.14 bits per heavy atom. The lowest BCUT2D eigenvalue weighted by Crippen LogP contribution is -2.47. The fourth-order valence-corrected chi connectivity index (χ4v) is 3.48. The lowest BCUT2D eigenvalue weighted by Gasteiger charge is -2.31. The minimum atomic E-state index is 0.114. The highest BCUT2D eigenvalue weighted by atomic mass is 16.5. The molecule has 2 aliphatic heterocycles. The van der Waals surface area contributed by atoms with Crippen LogP contribution in [0.15, 0.2) is 30.3 Å². The van der Waals surface area contributed by atoms with Crippen LogP contribution >= 0.6 is 0 Å². The van der Waals surface area contributed by atoms with Gasteiger partial charge >= 0.3 is 6.03 Å². The highest BCUT2D eigenvalue weighted by Crippen LogP contribution is 2.42. The molecule has 2 amide bonds. The molecule has 0 aliphatic carbocycles. The number of rotatable bonds is 1. The van der Waals surface area contributed by atoms with E-state index in [9.17, 15) is 4.79 Å². The molecule has 0 bridgehead atoms. The lowest BCUT2D eigenvalue weighted by molar-refractivity contribution is 0.0445. The molecule has 114 valence electrons. The van der Waals surface area contributed by atoms with Gasteiger partial charge in [0.25, 0.3) is 0 Å².